The smallest absolute Gasteiger partial charge is 0.230 e. The first kappa shape index (κ1) is 16.5. The number of methoxy groups -OCH3 is 1. The number of amides is 1. The molecule has 126 valence electrons. The van der Waals surface area contributed by atoms with E-state index in [0.29, 0.717) is 18.3 Å². The first-order valence-corrected chi connectivity index (χ1v) is 9.43. The molecule has 1 aromatic rings. The number of carbonyl (C=O) groups is 1. The van der Waals surface area contributed by atoms with Gasteiger partial charge in [0.1, 0.15) is 12.1 Å². The molecule has 0 aromatic carbocycles. The van der Waals surface area contributed by atoms with Crippen LogP contribution in [0.15, 0.2) is 12.4 Å². The second-order valence-electron chi connectivity index (χ2n) is 6.31. The number of nitrogens with one attached hydrogen (secondary N) is 1. The van der Waals surface area contributed by atoms with Gasteiger partial charge in [-0.25, -0.2) is 9.97 Å². The molecule has 23 heavy (non-hydrogen) atoms. The molecule has 0 radical (unpaired) electrons. The Kier molecular flexibility index (Phi) is 5.38. The van der Waals surface area contributed by atoms with Gasteiger partial charge < -0.3 is 15.0 Å². The molecule has 1 saturated carbocycles. The number of hydrogen-bond donors (Lipinski definition) is 1. The predicted molar refractivity (Wildman–Crippen MR) is 91.5 cm³/mol. The molecule has 1 aromatic heterocycles. The number of thioether (sulfide) groups is 1. The number of carbonyl (C=O) groups excluding carboxylic acids is 1. The molecule has 1 N–H and O–H groups in total. The van der Waals surface area contributed by atoms with Crippen LogP contribution in [-0.2, 0) is 16.1 Å². The second-order valence-corrected chi connectivity index (χ2v) is 7.18. The van der Waals surface area contributed by atoms with Gasteiger partial charge in [-0.2, -0.15) is 11.8 Å². The molecule has 2 atom stereocenters. The van der Waals surface area contributed by atoms with Gasteiger partial charge in [-0.15, -0.1) is 0 Å². The maximum Gasteiger partial charge on any atom is 0.230 e. The number of hydrogen-bond acceptors (Lipinski definition) is 6. The molecule has 0 bridgehead atoms. The Labute approximate surface area is 141 Å². The molecule has 1 amide bonds. The Hall–Kier alpha value is -1.34. The number of rotatable bonds is 7. The molecule has 1 aliphatic carbocycles. The van der Waals surface area contributed by atoms with Crippen molar-refractivity contribution in [3.05, 3.63) is 18.1 Å². The van der Waals surface area contributed by atoms with Gasteiger partial charge in [-0.05, 0) is 25.0 Å². The van der Waals surface area contributed by atoms with E-state index in [1.807, 2.05) is 12.3 Å². The lowest BCUT2D eigenvalue weighted by molar-refractivity contribution is -0.119. The highest BCUT2D eigenvalue weighted by Crippen LogP contribution is 2.42. The third kappa shape index (κ3) is 4.14. The fourth-order valence-corrected chi connectivity index (χ4v) is 3.68. The molecule has 3 rings (SSSR count). The molecule has 0 unspecified atom stereocenters. The summed E-state index contributed by atoms with van der Waals surface area (Å²) >= 11 is 1.56. The van der Waals surface area contributed by atoms with Crippen molar-refractivity contribution >= 4 is 23.5 Å². The SMILES string of the molecule is COCc1cc(N2C[C@H](NC(=O)CSC)[C@@H](C3CC3)C2)ncn1. The lowest BCUT2D eigenvalue weighted by Gasteiger charge is -2.19. The van der Waals surface area contributed by atoms with Gasteiger partial charge >= 0.3 is 0 Å². The van der Waals surface area contributed by atoms with Gasteiger partial charge in [-0.3, -0.25) is 4.79 Å². The van der Waals surface area contributed by atoms with Crippen molar-refractivity contribution in [1.82, 2.24) is 15.3 Å². The van der Waals surface area contributed by atoms with E-state index in [1.54, 1.807) is 25.2 Å². The van der Waals surface area contributed by atoms with Gasteiger partial charge in [0.2, 0.25) is 5.91 Å². The Balaban J connectivity index is 1.69. The van der Waals surface area contributed by atoms with E-state index in [4.69, 9.17) is 4.74 Å². The van der Waals surface area contributed by atoms with Crippen LogP contribution in [0.25, 0.3) is 0 Å². The Morgan fingerprint density at radius 3 is 2.96 bits per heavy atom. The van der Waals surface area contributed by atoms with Crippen LogP contribution in [0.4, 0.5) is 5.82 Å². The van der Waals surface area contributed by atoms with Crippen LogP contribution in [0.1, 0.15) is 18.5 Å². The van der Waals surface area contributed by atoms with E-state index < -0.39 is 0 Å². The summed E-state index contributed by atoms with van der Waals surface area (Å²) in [7, 11) is 1.66. The molecule has 0 spiro atoms. The molecule has 2 heterocycles. The first-order valence-electron chi connectivity index (χ1n) is 8.04. The zero-order chi connectivity index (χ0) is 16.2. The largest absolute Gasteiger partial charge is 0.378 e. The Morgan fingerprint density at radius 1 is 1.43 bits per heavy atom. The van der Waals surface area contributed by atoms with Crippen LogP contribution in [-0.4, -0.2) is 54.1 Å². The van der Waals surface area contributed by atoms with Gasteiger partial charge in [-0.1, -0.05) is 0 Å². The van der Waals surface area contributed by atoms with E-state index in [9.17, 15) is 4.79 Å². The van der Waals surface area contributed by atoms with Crippen molar-refractivity contribution < 1.29 is 9.53 Å². The first-order chi connectivity index (χ1) is 11.2. The number of nitrogens with zero attached hydrogens (tertiary/aromatic N) is 3. The molecule has 2 aliphatic rings. The average molecular weight is 336 g/mol. The van der Waals surface area contributed by atoms with Crippen LogP contribution < -0.4 is 10.2 Å². The van der Waals surface area contributed by atoms with Crippen LogP contribution in [0.2, 0.25) is 0 Å². The van der Waals surface area contributed by atoms with E-state index in [1.165, 1.54) is 12.8 Å². The average Bonchev–Trinajstić information content (AvgIpc) is 3.29. The number of aromatic nitrogens is 2. The van der Waals surface area contributed by atoms with Gasteiger partial charge in [0.15, 0.2) is 0 Å². The second kappa shape index (κ2) is 7.49. The minimum atomic E-state index is 0.137. The Bertz CT molecular complexity index is 553. The summed E-state index contributed by atoms with van der Waals surface area (Å²) in [5.41, 5.74) is 0.885. The number of anilines is 1. The fourth-order valence-electron chi connectivity index (χ4n) is 3.34. The van der Waals surface area contributed by atoms with Crippen LogP contribution in [0, 0.1) is 11.8 Å². The normalized spacial score (nSPS) is 24.0. The standard InChI is InChI=1S/C16H24N4O2S/c1-22-8-12-5-15(18-10-17-12)20-6-13(11-3-4-11)14(7-20)19-16(21)9-23-2/h5,10-11,13-14H,3-4,6-9H2,1-2H3,(H,19,21)/t13-,14+/m1/s1. The van der Waals surface area contributed by atoms with Crippen molar-refractivity contribution in [2.75, 3.05) is 37.1 Å². The summed E-state index contributed by atoms with van der Waals surface area (Å²) < 4.78 is 5.15. The van der Waals surface area contributed by atoms with E-state index in [2.05, 4.69) is 20.2 Å². The summed E-state index contributed by atoms with van der Waals surface area (Å²) in [5.74, 6) is 2.87. The maximum absolute atomic E-state index is 12.0. The zero-order valence-electron chi connectivity index (χ0n) is 13.7. The summed E-state index contributed by atoms with van der Waals surface area (Å²) in [5, 5.41) is 3.22. The lowest BCUT2D eigenvalue weighted by Crippen LogP contribution is -2.42. The Morgan fingerprint density at radius 2 is 2.26 bits per heavy atom. The molecule has 6 nitrogen and oxygen atoms in total. The summed E-state index contributed by atoms with van der Waals surface area (Å²) in [6.45, 7) is 2.27. The molecular weight excluding hydrogens is 312 g/mol. The predicted octanol–water partition coefficient (Wildman–Crippen LogP) is 1.32. The molecule has 7 heteroatoms. The highest BCUT2D eigenvalue weighted by Gasteiger charge is 2.43. The lowest BCUT2D eigenvalue weighted by atomic mass is 9.98. The monoisotopic (exact) mass is 336 g/mol. The zero-order valence-corrected chi connectivity index (χ0v) is 14.5. The van der Waals surface area contributed by atoms with Crippen molar-refractivity contribution in [2.24, 2.45) is 11.8 Å². The fraction of sp³-hybridized carbons (Fsp3) is 0.688. The number of ether oxygens (including phenoxy) is 1. The van der Waals surface area contributed by atoms with Crippen molar-refractivity contribution in [3.8, 4) is 0 Å². The third-order valence-corrected chi connectivity index (χ3v) is 5.09. The molecule has 1 aliphatic heterocycles. The van der Waals surface area contributed by atoms with E-state index in [-0.39, 0.29) is 11.9 Å². The molecule has 2 fully saturated rings. The van der Waals surface area contributed by atoms with Crippen LogP contribution in [0.3, 0.4) is 0 Å². The van der Waals surface area contributed by atoms with E-state index in [0.717, 1.165) is 30.5 Å². The third-order valence-electron chi connectivity index (χ3n) is 4.54. The summed E-state index contributed by atoms with van der Waals surface area (Å²) in [6, 6.07) is 2.21. The van der Waals surface area contributed by atoms with E-state index >= 15 is 0 Å². The summed E-state index contributed by atoms with van der Waals surface area (Å²) in [4.78, 5) is 22.9. The van der Waals surface area contributed by atoms with Crippen molar-refractivity contribution in [2.45, 2.75) is 25.5 Å². The molecular formula is C16H24N4O2S. The van der Waals surface area contributed by atoms with Gasteiger partial charge in [0.05, 0.1) is 24.1 Å². The minimum absolute atomic E-state index is 0.137. The quantitative estimate of drug-likeness (QED) is 0.810. The van der Waals surface area contributed by atoms with Gasteiger partial charge in [0, 0.05) is 32.2 Å². The van der Waals surface area contributed by atoms with Gasteiger partial charge in [0.25, 0.3) is 0 Å². The molecule has 1 saturated heterocycles. The highest BCUT2D eigenvalue weighted by atomic mass is 32.2. The van der Waals surface area contributed by atoms with Crippen molar-refractivity contribution in [1.29, 1.82) is 0 Å². The topological polar surface area (TPSA) is 67.3 Å². The van der Waals surface area contributed by atoms with Crippen LogP contribution in [0.5, 0.6) is 0 Å². The highest BCUT2D eigenvalue weighted by molar-refractivity contribution is 7.99. The summed E-state index contributed by atoms with van der Waals surface area (Å²) in [6.07, 6.45) is 6.12. The maximum atomic E-state index is 12.0. The van der Waals surface area contributed by atoms with Crippen molar-refractivity contribution in [3.63, 3.8) is 0 Å². The van der Waals surface area contributed by atoms with Crippen LogP contribution >= 0.6 is 11.8 Å². The minimum Gasteiger partial charge on any atom is -0.378 e.